The van der Waals surface area contributed by atoms with Crippen LogP contribution in [-0.4, -0.2) is 270 Å². The topological polar surface area (TPSA) is 377 Å². The van der Waals surface area contributed by atoms with Gasteiger partial charge in [-0.15, -0.1) is 0 Å². The van der Waals surface area contributed by atoms with E-state index in [0.29, 0.717) is 106 Å². The van der Waals surface area contributed by atoms with Crippen molar-refractivity contribution >= 4 is 23.5 Å². The lowest BCUT2D eigenvalue weighted by Gasteiger charge is -2.47. The molecule has 0 bridgehead atoms. The molecule has 1 aliphatic rings. The van der Waals surface area contributed by atoms with Gasteiger partial charge in [0.15, 0.2) is 6.10 Å². The third-order valence-corrected chi connectivity index (χ3v) is 10.1. The van der Waals surface area contributed by atoms with E-state index in [-0.39, 0.29) is 66.1 Å². The van der Waals surface area contributed by atoms with Crippen LogP contribution in [0.1, 0.15) is 0 Å². The van der Waals surface area contributed by atoms with Crippen LogP contribution in [-0.2, 0) is 108 Å². The second kappa shape index (κ2) is 42.9. The van der Waals surface area contributed by atoms with E-state index in [0.717, 1.165) is 0 Å². The Bertz CT molecular complexity index is 1310. The van der Waals surface area contributed by atoms with Crippen molar-refractivity contribution in [2.75, 3.05) is 199 Å². The van der Waals surface area contributed by atoms with Crippen LogP contribution in [0.2, 0.25) is 0 Å². The van der Waals surface area contributed by atoms with Crippen LogP contribution >= 0.6 is 23.5 Å². The van der Waals surface area contributed by atoms with Gasteiger partial charge in [-0.3, -0.25) is 18.8 Å². The first-order chi connectivity index (χ1) is 33.1. The maximum absolute atomic E-state index is 12.2. The molecule has 30 nitrogen and oxygen atoms in total. The summed E-state index contributed by atoms with van der Waals surface area (Å²) in [5.41, 5.74) is 0. The Labute approximate surface area is 401 Å². The van der Waals surface area contributed by atoms with Gasteiger partial charge in [0.2, 0.25) is 0 Å². The molecule has 0 spiro atoms. The fraction of sp³-hybridized carbons (Fsp3) is 1.00. The monoisotopic (exact) mass is 1080 g/mol. The number of ether oxygens (including phenoxy) is 16. The highest BCUT2D eigenvalue weighted by Gasteiger charge is 2.59. The molecule has 1 rings (SSSR count). The van der Waals surface area contributed by atoms with E-state index in [4.69, 9.17) is 89.4 Å². The quantitative estimate of drug-likeness (QED) is 0.0159. The summed E-state index contributed by atoms with van der Waals surface area (Å²) in [7, 11) is -13.6. The number of hydrogen-bond donors (Lipinski definition) is 7. The minimum atomic E-state index is -5.62. The second-order valence-corrected chi connectivity index (χ2v) is 17.3. The molecular weight excluding hydrogens is 1010 g/mol. The number of phosphoric acid groups is 3. The van der Waals surface area contributed by atoms with Gasteiger partial charge in [0.1, 0.15) is 30.5 Å². The van der Waals surface area contributed by atoms with Gasteiger partial charge in [0.05, 0.1) is 185 Å². The first-order valence-electron chi connectivity index (χ1n) is 21.8. The maximum atomic E-state index is 12.2. The van der Waals surface area contributed by atoms with Crippen LogP contribution in [0.15, 0.2) is 0 Å². The Morgan fingerprint density at radius 3 is 0.652 bits per heavy atom. The number of phosphoric ester groups is 3. The van der Waals surface area contributed by atoms with E-state index >= 15 is 0 Å². The van der Waals surface area contributed by atoms with E-state index < -0.39 is 73.3 Å². The van der Waals surface area contributed by atoms with E-state index in [1.165, 1.54) is 0 Å². The van der Waals surface area contributed by atoms with Crippen molar-refractivity contribution in [1.82, 2.24) is 0 Å². The molecule has 69 heavy (non-hydrogen) atoms. The maximum Gasteiger partial charge on any atom is 0.470 e. The predicted molar refractivity (Wildman–Crippen MR) is 231 cm³/mol. The second-order valence-electron chi connectivity index (χ2n) is 13.8. The molecule has 0 aliphatic heterocycles. The summed E-state index contributed by atoms with van der Waals surface area (Å²) < 4.78 is 137. The predicted octanol–water partition coefficient (Wildman–Crippen LogP) is -1.45. The van der Waals surface area contributed by atoms with Crippen molar-refractivity contribution in [2.45, 2.75) is 36.6 Å². The molecule has 0 heterocycles. The van der Waals surface area contributed by atoms with Crippen molar-refractivity contribution in [3.8, 4) is 0 Å². The van der Waals surface area contributed by atoms with Crippen molar-refractivity contribution in [1.29, 1.82) is 0 Å². The van der Waals surface area contributed by atoms with E-state index in [1.54, 1.807) is 14.2 Å². The minimum Gasteiger partial charge on any atom is -0.382 e. The molecule has 1 fully saturated rings. The summed E-state index contributed by atoms with van der Waals surface area (Å²) >= 11 is 0. The van der Waals surface area contributed by atoms with Crippen molar-refractivity contribution < 1.29 is 143 Å². The summed E-state index contributed by atoms with van der Waals surface area (Å²) in [6, 6.07) is 0. The fourth-order valence-electron chi connectivity index (χ4n) is 5.63. The molecule has 0 aromatic heterocycles. The SMILES string of the molecule is COCCOCCOCCOCCOCCOCCOCCOC1C(OP(=O)(O)O)[C@H](OP(=O)(O)O)[C@H](OO)C(OCCOCCOCCOCCOCCOCCOCCOC)[C@@H]1OP(=O)(O)O. The Hall–Kier alpha value is -0.390. The molecular formula is C36H75O30P3. The molecule has 6 atom stereocenters. The first kappa shape index (κ1) is 66.6. The van der Waals surface area contributed by atoms with E-state index in [9.17, 15) is 48.3 Å². The summed E-state index contributed by atoms with van der Waals surface area (Å²) in [5.74, 6) is 0. The lowest BCUT2D eigenvalue weighted by Crippen LogP contribution is -2.67. The number of rotatable bonds is 51. The summed E-state index contributed by atoms with van der Waals surface area (Å²) in [6.45, 7) is 6.56. The van der Waals surface area contributed by atoms with E-state index in [2.05, 4.69) is 4.89 Å². The molecule has 0 radical (unpaired) electrons. The molecule has 0 aromatic rings. The molecule has 3 unspecified atom stereocenters. The summed E-state index contributed by atoms with van der Waals surface area (Å²) in [6.07, 6.45) is -12.9. The van der Waals surface area contributed by atoms with Gasteiger partial charge >= 0.3 is 23.5 Å². The van der Waals surface area contributed by atoms with Crippen LogP contribution in [0, 0.1) is 0 Å². The highest BCUT2D eigenvalue weighted by atomic mass is 31.2. The molecule has 0 amide bonds. The zero-order valence-corrected chi connectivity index (χ0v) is 41.8. The largest absolute Gasteiger partial charge is 0.470 e. The van der Waals surface area contributed by atoms with Crippen LogP contribution in [0.3, 0.4) is 0 Å². The molecule has 1 saturated carbocycles. The number of hydrogen-bond acceptors (Lipinski definition) is 24. The standard InChI is InChI=1S/C36H75O30P3/c1-47-3-5-49-7-9-51-11-13-53-15-17-55-19-21-57-23-25-59-27-29-61-31-33(63-37)36(66-69(44,45)46)35(65-68(41,42)43)32(34(31)64-67(38,39)40)62-30-28-60-26-24-58-22-20-56-18-16-54-14-12-52-10-8-50-6-4-48-2/h31-37H,3-30H2,1-2H3,(H2,38,39,40)(H2,41,42,43)(H2,44,45,46)/t31?,32?,33-,34+,35?,36-/m1/s1. The van der Waals surface area contributed by atoms with Crippen molar-refractivity contribution in [3.63, 3.8) is 0 Å². The van der Waals surface area contributed by atoms with Gasteiger partial charge in [0, 0.05) is 14.2 Å². The zero-order chi connectivity index (χ0) is 50.9. The first-order valence-corrected chi connectivity index (χ1v) is 26.4. The molecule has 414 valence electrons. The Morgan fingerprint density at radius 2 is 0.449 bits per heavy atom. The van der Waals surface area contributed by atoms with Gasteiger partial charge in [0.25, 0.3) is 0 Å². The molecule has 33 heteroatoms. The summed E-state index contributed by atoms with van der Waals surface area (Å²) in [4.78, 5) is 62.9. The smallest absolute Gasteiger partial charge is 0.382 e. The highest BCUT2D eigenvalue weighted by Crippen LogP contribution is 2.50. The zero-order valence-electron chi connectivity index (χ0n) is 39.1. The Morgan fingerprint density at radius 1 is 0.275 bits per heavy atom. The van der Waals surface area contributed by atoms with Gasteiger partial charge in [-0.1, -0.05) is 0 Å². The molecule has 0 aromatic carbocycles. The summed E-state index contributed by atoms with van der Waals surface area (Å²) in [5, 5.41) is 9.89. The van der Waals surface area contributed by atoms with Crippen molar-refractivity contribution in [3.05, 3.63) is 0 Å². The lowest BCUT2D eigenvalue weighted by atomic mass is 9.84. The van der Waals surface area contributed by atoms with Crippen LogP contribution < -0.4 is 0 Å². The van der Waals surface area contributed by atoms with Crippen LogP contribution in [0.4, 0.5) is 0 Å². The van der Waals surface area contributed by atoms with Gasteiger partial charge in [-0.25, -0.2) is 18.6 Å². The third-order valence-electron chi connectivity index (χ3n) is 8.50. The Kier molecular flexibility index (Phi) is 41.4. The average Bonchev–Trinajstić information content (AvgIpc) is 3.28. The fourth-order valence-corrected chi connectivity index (χ4v) is 7.30. The minimum absolute atomic E-state index is 0.00863. The highest BCUT2D eigenvalue weighted by molar-refractivity contribution is 7.46. The number of methoxy groups -OCH3 is 2. The van der Waals surface area contributed by atoms with Gasteiger partial charge in [-0.05, 0) is 0 Å². The van der Waals surface area contributed by atoms with Crippen LogP contribution in [0.25, 0.3) is 0 Å². The Balaban J connectivity index is 2.58. The van der Waals surface area contributed by atoms with Crippen LogP contribution in [0.5, 0.6) is 0 Å². The third kappa shape index (κ3) is 38.8. The van der Waals surface area contributed by atoms with Gasteiger partial charge in [-0.2, -0.15) is 0 Å². The average molecular weight is 1080 g/mol. The van der Waals surface area contributed by atoms with Gasteiger partial charge < -0.3 is 105 Å². The molecule has 0 saturated heterocycles. The lowest BCUT2D eigenvalue weighted by molar-refractivity contribution is -0.350. The normalized spacial score (nSPS) is 20.3. The van der Waals surface area contributed by atoms with E-state index in [1.807, 2.05) is 0 Å². The van der Waals surface area contributed by atoms with Crippen molar-refractivity contribution in [2.24, 2.45) is 0 Å². The molecule has 1 aliphatic carbocycles. The molecule has 7 N–H and O–H groups in total.